The van der Waals surface area contributed by atoms with Gasteiger partial charge < -0.3 is 4.74 Å². The molecule has 7 heteroatoms. The number of nitrogens with one attached hydrogen (secondary N) is 1. The van der Waals surface area contributed by atoms with Crippen LogP contribution in [0.2, 0.25) is 0 Å². The number of benzene rings is 1. The van der Waals surface area contributed by atoms with E-state index in [-0.39, 0.29) is 18.0 Å². The van der Waals surface area contributed by atoms with Crippen LogP contribution in [0.1, 0.15) is 17.4 Å². The number of rotatable bonds is 3. The molecule has 0 aliphatic heterocycles. The molecule has 88 valence electrons. The molecule has 7 nitrogen and oxygen atoms in total. The Morgan fingerprint density at radius 2 is 2.35 bits per heavy atom. The van der Waals surface area contributed by atoms with E-state index < -0.39 is 10.9 Å². The summed E-state index contributed by atoms with van der Waals surface area (Å²) in [7, 11) is 0. The molecule has 0 aliphatic carbocycles. The smallest absolute Gasteiger partial charge is 0.359 e. The predicted octanol–water partition coefficient (Wildman–Crippen LogP) is 1.65. The summed E-state index contributed by atoms with van der Waals surface area (Å²) in [5, 5.41) is 17.4. The molecule has 1 aromatic carbocycles. The van der Waals surface area contributed by atoms with Gasteiger partial charge in [-0.1, -0.05) is 0 Å². The van der Waals surface area contributed by atoms with Crippen LogP contribution in [-0.2, 0) is 4.74 Å². The van der Waals surface area contributed by atoms with Gasteiger partial charge >= 0.3 is 5.97 Å². The van der Waals surface area contributed by atoms with Gasteiger partial charge in [0.1, 0.15) is 0 Å². The van der Waals surface area contributed by atoms with E-state index >= 15 is 0 Å². The Morgan fingerprint density at radius 1 is 1.59 bits per heavy atom. The van der Waals surface area contributed by atoms with Crippen LogP contribution < -0.4 is 0 Å². The average Bonchev–Trinajstić information content (AvgIpc) is 2.71. The second kappa shape index (κ2) is 4.20. The number of hydrogen-bond acceptors (Lipinski definition) is 5. The Morgan fingerprint density at radius 3 is 3.00 bits per heavy atom. The normalized spacial score (nSPS) is 10.4. The maximum Gasteiger partial charge on any atom is 0.359 e. The first-order valence-electron chi connectivity index (χ1n) is 4.93. The first-order valence-corrected chi connectivity index (χ1v) is 4.93. The van der Waals surface area contributed by atoms with E-state index in [9.17, 15) is 14.9 Å². The van der Waals surface area contributed by atoms with E-state index in [0.717, 1.165) is 0 Å². The summed E-state index contributed by atoms with van der Waals surface area (Å²) < 4.78 is 4.82. The number of carbonyl (C=O) groups is 1. The first-order chi connectivity index (χ1) is 8.13. The molecule has 2 aromatic rings. The number of hydrogen-bond donors (Lipinski definition) is 1. The monoisotopic (exact) mass is 235 g/mol. The lowest BCUT2D eigenvalue weighted by Gasteiger charge is -1.97. The largest absolute Gasteiger partial charge is 0.461 e. The molecule has 0 aliphatic rings. The van der Waals surface area contributed by atoms with E-state index in [4.69, 9.17) is 4.74 Å². The molecule has 0 spiro atoms. The second-order valence-corrected chi connectivity index (χ2v) is 3.28. The fourth-order valence-corrected chi connectivity index (χ4v) is 1.48. The highest BCUT2D eigenvalue weighted by Crippen LogP contribution is 2.21. The van der Waals surface area contributed by atoms with E-state index in [1.165, 1.54) is 18.2 Å². The topological polar surface area (TPSA) is 98.1 Å². The first kappa shape index (κ1) is 11.1. The number of aromatic nitrogens is 2. The Bertz CT molecular complexity index is 590. The summed E-state index contributed by atoms with van der Waals surface area (Å²) in [6.45, 7) is 1.94. The van der Waals surface area contributed by atoms with Crippen molar-refractivity contribution in [2.75, 3.05) is 6.61 Å². The number of aromatic amines is 1. The minimum atomic E-state index is -0.549. The van der Waals surface area contributed by atoms with Crippen LogP contribution in [0.25, 0.3) is 10.9 Å². The molecule has 2 rings (SSSR count). The summed E-state index contributed by atoms with van der Waals surface area (Å²) in [6.07, 6.45) is 0. The molecule has 0 unspecified atom stereocenters. The van der Waals surface area contributed by atoms with Crippen molar-refractivity contribution in [3.63, 3.8) is 0 Å². The van der Waals surface area contributed by atoms with Crippen molar-refractivity contribution in [2.45, 2.75) is 6.92 Å². The lowest BCUT2D eigenvalue weighted by Crippen LogP contribution is -2.05. The van der Waals surface area contributed by atoms with Crippen LogP contribution in [0.4, 0.5) is 5.69 Å². The highest BCUT2D eigenvalue weighted by Gasteiger charge is 2.17. The van der Waals surface area contributed by atoms with Crippen molar-refractivity contribution in [3.05, 3.63) is 34.0 Å². The lowest BCUT2D eigenvalue weighted by atomic mass is 10.2. The number of nitro groups is 1. The molecule has 1 heterocycles. The van der Waals surface area contributed by atoms with Gasteiger partial charge in [0.25, 0.3) is 5.69 Å². The maximum atomic E-state index is 11.5. The van der Waals surface area contributed by atoms with Crippen molar-refractivity contribution in [1.29, 1.82) is 0 Å². The molecule has 0 atom stereocenters. The zero-order chi connectivity index (χ0) is 12.4. The molecule has 0 bridgehead atoms. The zero-order valence-electron chi connectivity index (χ0n) is 8.97. The number of nitrogens with zero attached hydrogens (tertiary/aromatic N) is 2. The van der Waals surface area contributed by atoms with Crippen molar-refractivity contribution < 1.29 is 14.5 Å². The van der Waals surface area contributed by atoms with E-state index in [2.05, 4.69) is 10.2 Å². The van der Waals surface area contributed by atoms with Gasteiger partial charge in [0, 0.05) is 17.5 Å². The van der Waals surface area contributed by atoms with Crippen molar-refractivity contribution in [2.24, 2.45) is 0 Å². The average molecular weight is 235 g/mol. The standard InChI is InChI=1S/C10H9N3O4/c1-2-17-10(14)9-7-4-3-6(13(15)16)5-8(7)11-12-9/h3-5H,2H2,1H3,(H,11,12). The Labute approximate surface area is 95.5 Å². The van der Waals surface area contributed by atoms with Gasteiger partial charge in [0.2, 0.25) is 0 Å². The number of non-ortho nitro benzene ring substituents is 1. The van der Waals surface area contributed by atoms with Gasteiger partial charge in [-0.3, -0.25) is 15.2 Å². The van der Waals surface area contributed by atoms with E-state index in [0.29, 0.717) is 10.9 Å². The number of fused-ring (bicyclic) bond motifs is 1. The van der Waals surface area contributed by atoms with Crippen molar-refractivity contribution >= 4 is 22.6 Å². The van der Waals surface area contributed by atoms with Crippen molar-refractivity contribution in [1.82, 2.24) is 10.2 Å². The molecule has 0 saturated carbocycles. The van der Waals surface area contributed by atoms with Crippen LogP contribution >= 0.6 is 0 Å². The molecule has 17 heavy (non-hydrogen) atoms. The Balaban J connectivity index is 2.48. The summed E-state index contributed by atoms with van der Waals surface area (Å²) in [4.78, 5) is 21.6. The molecular weight excluding hydrogens is 226 g/mol. The van der Waals surface area contributed by atoms with Crippen LogP contribution in [0.5, 0.6) is 0 Å². The fourth-order valence-electron chi connectivity index (χ4n) is 1.48. The third kappa shape index (κ3) is 1.94. The van der Waals surface area contributed by atoms with E-state index in [1.807, 2.05) is 0 Å². The third-order valence-electron chi connectivity index (χ3n) is 2.23. The minimum absolute atomic E-state index is 0.0587. The molecule has 0 saturated heterocycles. The highest BCUT2D eigenvalue weighted by molar-refractivity contribution is 6.02. The molecule has 1 N–H and O–H groups in total. The van der Waals surface area contributed by atoms with Gasteiger partial charge in [-0.2, -0.15) is 5.10 Å². The van der Waals surface area contributed by atoms with E-state index in [1.54, 1.807) is 6.92 Å². The molecule has 0 amide bonds. The fraction of sp³-hybridized carbons (Fsp3) is 0.200. The highest BCUT2D eigenvalue weighted by atomic mass is 16.6. The molecular formula is C10H9N3O4. The number of nitro benzene ring substituents is 1. The quantitative estimate of drug-likeness (QED) is 0.495. The third-order valence-corrected chi connectivity index (χ3v) is 2.23. The second-order valence-electron chi connectivity index (χ2n) is 3.28. The van der Waals surface area contributed by atoms with Crippen LogP contribution in [-0.4, -0.2) is 27.7 Å². The van der Waals surface area contributed by atoms with Gasteiger partial charge in [0.15, 0.2) is 5.69 Å². The predicted molar refractivity (Wildman–Crippen MR) is 58.7 cm³/mol. The van der Waals surface area contributed by atoms with Gasteiger partial charge in [-0.15, -0.1) is 0 Å². The van der Waals surface area contributed by atoms with Gasteiger partial charge in [-0.05, 0) is 13.0 Å². The summed E-state index contributed by atoms with van der Waals surface area (Å²) in [5.41, 5.74) is 0.510. The molecule has 0 fully saturated rings. The van der Waals surface area contributed by atoms with Crippen LogP contribution in [0.3, 0.4) is 0 Å². The summed E-state index contributed by atoms with van der Waals surface area (Å²) in [5.74, 6) is -0.549. The number of carbonyl (C=O) groups excluding carboxylic acids is 1. The maximum absolute atomic E-state index is 11.5. The lowest BCUT2D eigenvalue weighted by molar-refractivity contribution is -0.384. The van der Waals surface area contributed by atoms with Crippen LogP contribution in [0.15, 0.2) is 18.2 Å². The number of esters is 1. The number of ether oxygens (including phenoxy) is 1. The summed E-state index contributed by atoms with van der Waals surface area (Å²) >= 11 is 0. The van der Waals surface area contributed by atoms with Gasteiger partial charge in [-0.25, -0.2) is 4.79 Å². The zero-order valence-corrected chi connectivity index (χ0v) is 8.97. The SMILES string of the molecule is CCOC(=O)c1n[nH]c2cc([N+](=O)[O-])ccc12. The molecule has 0 radical (unpaired) electrons. The number of H-pyrrole nitrogens is 1. The minimum Gasteiger partial charge on any atom is -0.461 e. The Hall–Kier alpha value is -2.44. The Kier molecular flexibility index (Phi) is 2.73. The molecule has 1 aromatic heterocycles. The van der Waals surface area contributed by atoms with Crippen LogP contribution in [0, 0.1) is 10.1 Å². The summed E-state index contributed by atoms with van der Waals surface area (Å²) in [6, 6.07) is 4.12. The van der Waals surface area contributed by atoms with Gasteiger partial charge in [0.05, 0.1) is 17.0 Å². The van der Waals surface area contributed by atoms with Crippen molar-refractivity contribution in [3.8, 4) is 0 Å².